The molecule has 2 atom stereocenters. The van der Waals surface area contributed by atoms with E-state index in [0.717, 1.165) is 11.1 Å². The molecule has 0 spiro atoms. The first-order valence-corrected chi connectivity index (χ1v) is 12.0. The molecule has 0 amide bonds. The van der Waals surface area contributed by atoms with E-state index < -0.39 is 12.6 Å². The van der Waals surface area contributed by atoms with Crippen LogP contribution in [-0.2, 0) is 9.47 Å². The van der Waals surface area contributed by atoms with Gasteiger partial charge in [-0.05, 0) is 83.9 Å². The maximum atomic E-state index is 6.01. The van der Waals surface area contributed by atoms with Crippen molar-refractivity contribution in [1.82, 2.24) is 9.97 Å². The molecule has 0 bridgehead atoms. The standard InChI is InChI=1S/C28H26N6O4/c1-3-15-29-25(5-1)33-31-19-21-7-11-23(12-8-21)37-27-28(36-18-17-35-27)38-24-13-9-22(10-14-24)20-32-34-26-6-2-4-16-30-26/h1-16,19-20,27-28H,17-18H2,(H,29,33)(H,30,34)/b31-19+,32-20+. The first-order chi connectivity index (χ1) is 18.8. The van der Waals surface area contributed by atoms with Crippen molar-refractivity contribution in [2.45, 2.75) is 12.6 Å². The van der Waals surface area contributed by atoms with Crippen molar-refractivity contribution in [2.75, 3.05) is 24.1 Å². The lowest BCUT2D eigenvalue weighted by molar-refractivity contribution is -0.271. The Bertz CT molecular complexity index is 1210. The molecule has 0 aliphatic carbocycles. The Morgan fingerprint density at radius 3 is 1.47 bits per heavy atom. The Hall–Kier alpha value is -4.80. The quantitative estimate of drug-likeness (QED) is 0.237. The number of aromatic nitrogens is 2. The highest BCUT2D eigenvalue weighted by Gasteiger charge is 2.31. The van der Waals surface area contributed by atoms with E-state index in [0.29, 0.717) is 36.3 Å². The zero-order valence-electron chi connectivity index (χ0n) is 20.4. The number of rotatable bonds is 10. The van der Waals surface area contributed by atoms with E-state index in [4.69, 9.17) is 18.9 Å². The third-order valence-electron chi connectivity index (χ3n) is 5.25. The number of nitrogens with one attached hydrogen (secondary N) is 2. The third kappa shape index (κ3) is 7.36. The molecule has 2 N–H and O–H groups in total. The van der Waals surface area contributed by atoms with Crippen LogP contribution in [0.1, 0.15) is 11.1 Å². The van der Waals surface area contributed by atoms with Gasteiger partial charge < -0.3 is 18.9 Å². The SMILES string of the molecule is C(=N\Nc1ccccn1)/c1ccc(OC2OCCOC2Oc2ccc(/C=N/Nc3ccccn3)cc2)cc1. The number of benzene rings is 2. The van der Waals surface area contributed by atoms with Crippen LogP contribution in [-0.4, -0.2) is 48.2 Å². The summed E-state index contributed by atoms with van der Waals surface area (Å²) in [5.41, 5.74) is 7.56. The molecule has 2 unspecified atom stereocenters. The molecule has 10 heteroatoms. The molecular weight excluding hydrogens is 484 g/mol. The number of anilines is 2. The summed E-state index contributed by atoms with van der Waals surface area (Å²) in [4.78, 5) is 8.32. The minimum Gasteiger partial charge on any atom is -0.458 e. The van der Waals surface area contributed by atoms with Crippen LogP contribution in [0.5, 0.6) is 11.5 Å². The summed E-state index contributed by atoms with van der Waals surface area (Å²) >= 11 is 0. The Balaban J connectivity index is 1.13. The van der Waals surface area contributed by atoms with Crippen molar-refractivity contribution in [3.63, 3.8) is 0 Å². The monoisotopic (exact) mass is 510 g/mol. The predicted molar refractivity (Wildman–Crippen MR) is 145 cm³/mol. The van der Waals surface area contributed by atoms with E-state index in [2.05, 4.69) is 31.0 Å². The summed E-state index contributed by atoms with van der Waals surface area (Å²) in [5, 5.41) is 8.39. The summed E-state index contributed by atoms with van der Waals surface area (Å²) in [6, 6.07) is 26.1. The van der Waals surface area contributed by atoms with E-state index in [1.807, 2.05) is 84.9 Å². The van der Waals surface area contributed by atoms with Crippen molar-refractivity contribution in [1.29, 1.82) is 0 Å². The minimum absolute atomic E-state index is 0.410. The molecule has 1 aliphatic heterocycles. The normalized spacial score (nSPS) is 17.4. The van der Waals surface area contributed by atoms with Crippen LogP contribution in [0.25, 0.3) is 0 Å². The van der Waals surface area contributed by atoms with Gasteiger partial charge in [0.15, 0.2) is 0 Å². The largest absolute Gasteiger partial charge is 0.458 e. The highest BCUT2D eigenvalue weighted by Crippen LogP contribution is 2.22. The summed E-state index contributed by atoms with van der Waals surface area (Å²) in [7, 11) is 0. The smallest absolute Gasteiger partial charge is 0.263 e. The van der Waals surface area contributed by atoms with Gasteiger partial charge >= 0.3 is 0 Å². The molecular formula is C28H26N6O4. The lowest BCUT2D eigenvalue weighted by Crippen LogP contribution is -2.45. The average molecular weight is 511 g/mol. The second-order valence-electron chi connectivity index (χ2n) is 8.02. The molecule has 1 fully saturated rings. The van der Waals surface area contributed by atoms with E-state index in [1.54, 1.807) is 24.8 Å². The fourth-order valence-electron chi connectivity index (χ4n) is 3.40. The Kier molecular flexibility index (Phi) is 8.48. The van der Waals surface area contributed by atoms with Crippen LogP contribution in [0.3, 0.4) is 0 Å². The lowest BCUT2D eigenvalue weighted by atomic mass is 10.2. The zero-order chi connectivity index (χ0) is 25.8. The third-order valence-corrected chi connectivity index (χ3v) is 5.25. The zero-order valence-corrected chi connectivity index (χ0v) is 20.4. The van der Waals surface area contributed by atoms with Gasteiger partial charge in [0.2, 0.25) is 0 Å². The number of hydrazone groups is 2. The minimum atomic E-state index is -0.724. The van der Waals surface area contributed by atoms with Crippen LogP contribution < -0.4 is 20.3 Å². The predicted octanol–water partition coefficient (Wildman–Crippen LogP) is 4.53. The number of nitrogens with zero attached hydrogens (tertiary/aromatic N) is 4. The van der Waals surface area contributed by atoms with Gasteiger partial charge in [0.1, 0.15) is 23.1 Å². The number of pyridine rings is 2. The first kappa shape index (κ1) is 24.9. The summed E-state index contributed by atoms with van der Waals surface area (Å²) in [6.07, 6.45) is 5.36. The Labute approximate surface area is 220 Å². The molecule has 5 rings (SSSR count). The van der Waals surface area contributed by atoms with Gasteiger partial charge in [0.25, 0.3) is 12.6 Å². The first-order valence-electron chi connectivity index (χ1n) is 12.0. The van der Waals surface area contributed by atoms with Crippen LogP contribution >= 0.6 is 0 Å². The lowest BCUT2D eigenvalue weighted by Gasteiger charge is -2.31. The van der Waals surface area contributed by atoms with Crippen LogP contribution in [0.2, 0.25) is 0 Å². The average Bonchev–Trinajstić information content (AvgIpc) is 2.97. The van der Waals surface area contributed by atoms with Gasteiger partial charge in [-0.2, -0.15) is 10.2 Å². The van der Waals surface area contributed by atoms with Crippen LogP contribution in [0.4, 0.5) is 11.6 Å². The van der Waals surface area contributed by atoms with E-state index in [-0.39, 0.29) is 0 Å². The molecule has 1 saturated heterocycles. The molecule has 3 heterocycles. The van der Waals surface area contributed by atoms with Gasteiger partial charge in [-0.25, -0.2) is 9.97 Å². The van der Waals surface area contributed by atoms with E-state index in [9.17, 15) is 0 Å². The summed E-state index contributed by atoms with van der Waals surface area (Å²) in [5.74, 6) is 2.58. The number of hydrogen-bond acceptors (Lipinski definition) is 10. The number of hydrogen-bond donors (Lipinski definition) is 2. The molecule has 1 aliphatic rings. The van der Waals surface area contributed by atoms with Gasteiger partial charge in [-0.15, -0.1) is 0 Å². The van der Waals surface area contributed by atoms with Crippen molar-refractivity contribution in [3.05, 3.63) is 108 Å². The maximum Gasteiger partial charge on any atom is 0.263 e. The topological polar surface area (TPSA) is 111 Å². The molecule has 0 radical (unpaired) electrons. The Morgan fingerprint density at radius 2 is 1.08 bits per heavy atom. The van der Waals surface area contributed by atoms with E-state index >= 15 is 0 Å². The molecule has 4 aromatic rings. The van der Waals surface area contributed by atoms with Crippen molar-refractivity contribution in [2.24, 2.45) is 10.2 Å². The van der Waals surface area contributed by atoms with Gasteiger partial charge in [0.05, 0.1) is 25.6 Å². The fraction of sp³-hybridized carbons (Fsp3) is 0.143. The molecule has 10 nitrogen and oxygen atoms in total. The second kappa shape index (κ2) is 12.9. The van der Waals surface area contributed by atoms with Crippen molar-refractivity contribution < 1.29 is 18.9 Å². The van der Waals surface area contributed by atoms with Crippen LogP contribution in [0, 0.1) is 0 Å². The maximum absolute atomic E-state index is 6.01. The fourth-order valence-corrected chi connectivity index (χ4v) is 3.40. The molecule has 2 aromatic carbocycles. The molecule has 0 saturated carbocycles. The molecule has 38 heavy (non-hydrogen) atoms. The van der Waals surface area contributed by atoms with Crippen molar-refractivity contribution >= 4 is 24.1 Å². The van der Waals surface area contributed by atoms with Gasteiger partial charge in [0, 0.05) is 12.4 Å². The highest BCUT2D eigenvalue weighted by molar-refractivity contribution is 5.80. The number of ether oxygens (including phenoxy) is 4. The molecule has 2 aromatic heterocycles. The van der Waals surface area contributed by atoms with Crippen molar-refractivity contribution in [3.8, 4) is 11.5 Å². The summed E-state index contributed by atoms with van der Waals surface area (Å²) in [6.45, 7) is 0.820. The van der Waals surface area contributed by atoms with Gasteiger partial charge in [-0.3, -0.25) is 10.9 Å². The Morgan fingerprint density at radius 1 is 0.632 bits per heavy atom. The highest BCUT2D eigenvalue weighted by atomic mass is 16.8. The molecule has 192 valence electrons. The van der Waals surface area contributed by atoms with E-state index in [1.165, 1.54) is 0 Å². The second-order valence-corrected chi connectivity index (χ2v) is 8.02. The van der Waals surface area contributed by atoms with Gasteiger partial charge in [-0.1, -0.05) is 12.1 Å². The van der Waals surface area contributed by atoms with Crippen LogP contribution in [0.15, 0.2) is 108 Å². The summed E-state index contributed by atoms with van der Waals surface area (Å²) < 4.78 is 23.6.